The van der Waals surface area contributed by atoms with E-state index in [0.717, 1.165) is 23.4 Å². The van der Waals surface area contributed by atoms with Gasteiger partial charge in [0.15, 0.2) is 12.2 Å². The Hall–Kier alpha value is -3.16. The maximum atomic E-state index is 12.7. The monoisotopic (exact) mass is 380 g/mol. The van der Waals surface area contributed by atoms with Crippen LogP contribution in [0.2, 0.25) is 0 Å². The van der Waals surface area contributed by atoms with Gasteiger partial charge in [0.1, 0.15) is 0 Å². The van der Waals surface area contributed by atoms with Crippen LogP contribution in [-0.4, -0.2) is 63.3 Å². The lowest BCUT2D eigenvalue weighted by Gasteiger charge is -2.36. The molecule has 3 heterocycles. The molecule has 1 aromatic heterocycles. The number of imide groups is 1. The van der Waals surface area contributed by atoms with Crippen molar-refractivity contribution in [1.29, 1.82) is 0 Å². The SMILES string of the molecule is Cc1nn(C2=NC3C(C(=O)NC(=O)N3C)N2CCc2ccccc2)c(C)c1C. The zero-order chi connectivity index (χ0) is 20.0. The zero-order valence-corrected chi connectivity index (χ0v) is 16.5. The number of hydrogen-bond donors (Lipinski definition) is 1. The van der Waals surface area contributed by atoms with Crippen molar-refractivity contribution in [2.45, 2.75) is 39.4 Å². The predicted molar refractivity (Wildman–Crippen MR) is 105 cm³/mol. The van der Waals surface area contributed by atoms with Crippen LogP contribution in [0.25, 0.3) is 0 Å². The van der Waals surface area contributed by atoms with Crippen LogP contribution in [-0.2, 0) is 11.2 Å². The Labute approximate surface area is 163 Å². The fourth-order valence-corrected chi connectivity index (χ4v) is 3.74. The van der Waals surface area contributed by atoms with Crippen LogP contribution in [0.4, 0.5) is 4.79 Å². The number of aliphatic imine (C=N–C) groups is 1. The van der Waals surface area contributed by atoms with E-state index in [2.05, 4.69) is 22.5 Å². The van der Waals surface area contributed by atoms with E-state index in [1.165, 1.54) is 10.5 Å². The van der Waals surface area contributed by atoms with Gasteiger partial charge < -0.3 is 9.80 Å². The van der Waals surface area contributed by atoms with E-state index in [9.17, 15) is 9.59 Å². The van der Waals surface area contributed by atoms with E-state index in [4.69, 9.17) is 4.99 Å². The van der Waals surface area contributed by atoms with E-state index in [-0.39, 0.29) is 5.91 Å². The first-order valence-corrected chi connectivity index (χ1v) is 9.37. The number of nitrogens with one attached hydrogen (secondary N) is 1. The minimum atomic E-state index is -0.564. The van der Waals surface area contributed by atoms with Crippen LogP contribution in [0.3, 0.4) is 0 Å². The lowest BCUT2D eigenvalue weighted by Crippen LogP contribution is -2.64. The average molecular weight is 380 g/mol. The van der Waals surface area contributed by atoms with Crippen LogP contribution in [0.1, 0.15) is 22.5 Å². The molecule has 0 spiro atoms. The van der Waals surface area contributed by atoms with Gasteiger partial charge in [-0.2, -0.15) is 5.10 Å². The highest BCUT2D eigenvalue weighted by molar-refractivity contribution is 6.04. The summed E-state index contributed by atoms with van der Waals surface area (Å²) in [6.07, 6.45) is 0.197. The second-order valence-electron chi connectivity index (χ2n) is 7.33. The first-order chi connectivity index (χ1) is 13.4. The molecule has 0 bridgehead atoms. The van der Waals surface area contributed by atoms with Gasteiger partial charge in [0.2, 0.25) is 5.96 Å². The molecule has 8 nitrogen and oxygen atoms in total. The lowest BCUT2D eigenvalue weighted by atomic mass is 10.1. The Balaban J connectivity index is 1.72. The number of aromatic nitrogens is 2. The highest BCUT2D eigenvalue weighted by Gasteiger charge is 2.49. The van der Waals surface area contributed by atoms with Gasteiger partial charge in [0, 0.05) is 19.3 Å². The second-order valence-corrected chi connectivity index (χ2v) is 7.33. The number of urea groups is 1. The van der Waals surface area contributed by atoms with Crippen LogP contribution in [0, 0.1) is 20.8 Å². The summed E-state index contributed by atoms with van der Waals surface area (Å²) < 4.78 is 1.79. The van der Waals surface area contributed by atoms with Crippen molar-refractivity contribution in [1.82, 2.24) is 24.9 Å². The van der Waals surface area contributed by atoms with Crippen molar-refractivity contribution in [2.24, 2.45) is 4.99 Å². The third-order valence-corrected chi connectivity index (χ3v) is 5.67. The van der Waals surface area contributed by atoms with E-state index in [0.29, 0.717) is 12.5 Å². The van der Waals surface area contributed by atoms with Gasteiger partial charge in [-0.3, -0.25) is 10.1 Å². The largest absolute Gasteiger partial charge is 0.325 e. The summed E-state index contributed by atoms with van der Waals surface area (Å²) in [6.45, 7) is 6.56. The Morgan fingerprint density at radius 1 is 1.11 bits per heavy atom. The van der Waals surface area contributed by atoms with E-state index in [1.807, 2.05) is 43.9 Å². The number of hydrogen-bond acceptors (Lipinski definition) is 5. The zero-order valence-electron chi connectivity index (χ0n) is 16.5. The molecule has 1 N–H and O–H groups in total. The van der Waals surface area contributed by atoms with E-state index < -0.39 is 18.2 Å². The highest BCUT2D eigenvalue weighted by Crippen LogP contribution is 2.26. The minimum absolute atomic E-state index is 0.321. The summed E-state index contributed by atoms with van der Waals surface area (Å²) in [6, 6.07) is 9.12. The summed E-state index contributed by atoms with van der Waals surface area (Å²) in [4.78, 5) is 33.0. The quantitative estimate of drug-likeness (QED) is 0.874. The van der Waals surface area contributed by atoms with Crippen LogP contribution < -0.4 is 5.32 Å². The third-order valence-electron chi connectivity index (χ3n) is 5.67. The fourth-order valence-electron chi connectivity index (χ4n) is 3.74. The van der Waals surface area contributed by atoms with Crippen LogP contribution >= 0.6 is 0 Å². The van der Waals surface area contributed by atoms with Gasteiger partial charge in [0.05, 0.1) is 5.69 Å². The van der Waals surface area contributed by atoms with Gasteiger partial charge in [-0.15, -0.1) is 0 Å². The fraction of sp³-hybridized carbons (Fsp3) is 0.400. The van der Waals surface area contributed by atoms with Crippen molar-refractivity contribution in [3.05, 3.63) is 52.8 Å². The molecule has 2 aliphatic heterocycles. The van der Waals surface area contributed by atoms with Crippen LogP contribution in [0.15, 0.2) is 35.3 Å². The molecule has 28 heavy (non-hydrogen) atoms. The molecule has 0 aliphatic carbocycles. The number of likely N-dealkylation sites (N-methyl/N-ethyl adjacent to an activating group) is 1. The Morgan fingerprint density at radius 2 is 1.82 bits per heavy atom. The Morgan fingerprint density at radius 3 is 2.46 bits per heavy atom. The van der Waals surface area contributed by atoms with Gasteiger partial charge in [-0.05, 0) is 38.3 Å². The number of amides is 3. The molecule has 2 aliphatic rings. The van der Waals surface area contributed by atoms with Crippen molar-refractivity contribution >= 4 is 17.9 Å². The first-order valence-electron chi connectivity index (χ1n) is 9.37. The van der Waals surface area contributed by atoms with E-state index in [1.54, 1.807) is 11.7 Å². The van der Waals surface area contributed by atoms with E-state index >= 15 is 0 Å². The van der Waals surface area contributed by atoms with Crippen molar-refractivity contribution in [2.75, 3.05) is 13.6 Å². The molecule has 4 rings (SSSR count). The predicted octanol–water partition coefficient (Wildman–Crippen LogP) is 1.45. The number of benzene rings is 1. The van der Waals surface area contributed by atoms with Crippen molar-refractivity contribution in [3.63, 3.8) is 0 Å². The number of carbonyl (C=O) groups is 2. The Kier molecular flexibility index (Phi) is 4.41. The molecule has 1 fully saturated rings. The maximum absolute atomic E-state index is 12.7. The summed E-state index contributed by atoms with van der Waals surface area (Å²) in [5, 5.41) is 7.07. The molecule has 0 saturated carbocycles. The molecular formula is C20H24N6O2. The molecule has 1 aromatic carbocycles. The van der Waals surface area contributed by atoms with Gasteiger partial charge in [-0.25, -0.2) is 14.5 Å². The standard InChI is InChI=1S/C20H24N6O2/c1-12-13(2)23-26(14(12)3)19-21-17-16(18(27)22-20(28)24(17)4)25(19)11-10-15-8-6-5-7-9-15/h5-9,16-17H,10-11H2,1-4H3,(H,22,27,28). The molecule has 8 heteroatoms. The number of aryl methyl sites for hydroxylation is 1. The minimum Gasteiger partial charge on any atom is -0.325 e. The number of fused-ring (bicyclic) bond motifs is 1. The molecule has 1 saturated heterocycles. The third kappa shape index (κ3) is 2.85. The average Bonchev–Trinajstić information content (AvgIpc) is 3.19. The van der Waals surface area contributed by atoms with Gasteiger partial charge in [-0.1, -0.05) is 30.3 Å². The van der Waals surface area contributed by atoms with Crippen LogP contribution in [0.5, 0.6) is 0 Å². The topological polar surface area (TPSA) is 82.8 Å². The maximum Gasteiger partial charge on any atom is 0.325 e. The first kappa shape index (κ1) is 18.2. The number of nitrogens with zero attached hydrogens (tertiary/aromatic N) is 5. The summed E-state index contributed by atoms with van der Waals surface area (Å²) in [5.41, 5.74) is 4.17. The molecule has 2 unspecified atom stereocenters. The van der Waals surface area contributed by atoms with Crippen molar-refractivity contribution in [3.8, 4) is 0 Å². The number of carbonyl (C=O) groups excluding carboxylic acids is 2. The Bertz CT molecular complexity index is 965. The summed E-state index contributed by atoms with van der Waals surface area (Å²) in [5.74, 6) is 0.287. The van der Waals surface area contributed by atoms with Gasteiger partial charge in [0.25, 0.3) is 5.91 Å². The molecule has 3 amide bonds. The molecule has 2 atom stereocenters. The number of rotatable bonds is 3. The summed E-state index contributed by atoms with van der Waals surface area (Å²) >= 11 is 0. The second kappa shape index (κ2) is 6.78. The van der Waals surface area contributed by atoms with Gasteiger partial charge >= 0.3 is 6.03 Å². The molecule has 146 valence electrons. The molecule has 0 radical (unpaired) electrons. The molecule has 2 aromatic rings. The van der Waals surface area contributed by atoms with Crippen molar-refractivity contribution < 1.29 is 9.59 Å². The summed E-state index contributed by atoms with van der Waals surface area (Å²) in [7, 11) is 1.66. The lowest BCUT2D eigenvalue weighted by molar-refractivity contribution is -0.127. The normalized spacial score (nSPS) is 21.6. The smallest absolute Gasteiger partial charge is 0.325 e. The highest BCUT2D eigenvalue weighted by atomic mass is 16.2. The molecular weight excluding hydrogens is 356 g/mol.